The van der Waals surface area contributed by atoms with Crippen molar-refractivity contribution in [2.45, 2.75) is 13.3 Å². The third kappa shape index (κ3) is 3.14. The molecule has 2 rings (SSSR count). The molecule has 2 N–H and O–H groups in total. The second-order valence-electron chi connectivity index (χ2n) is 3.74. The number of nitrogens with one attached hydrogen (secondary N) is 2. The van der Waals surface area contributed by atoms with Crippen LogP contribution in [0.15, 0.2) is 30.3 Å². The molecule has 2 aromatic rings. The van der Waals surface area contributed by atoms with Crippen molar-refractivity contribution < 1.29 is 4.79 Å². The molecule has 88 valence electrons. The maximum Gasteiger partial charge on any atom is 0.290 e. The Morgan fingerprint density at radius 2 is 2.12 bits per heavy atom. The summed E-state index contributed by atoms with van der Waals surface area (Å²) in [6.45, 7) is 2.34. The fourth-order valence-corrected chi connectivity index (χ4v) is 1.49. The first-order valence-electron chi connectivity index (χ1n) is 5.47. The Hall–Kier alpha value is -2.17. The van der Waals surface area contributed by atoms with Crippen molar-refractivity contribution >= 4 is 5.91 Å². The van der Waals surface area contributed by atoms with Gasteiger partial charge in [0.2, 0.25) is 5.82 Å². The summed E-state index contributed by atoms with van der Waals surface area (Å²) in [5.74, 6) is 0.582. The predicted molar refractivity (Wildman–Crippen MR) is 63.6 cm³/mol. The number of benzene rings is 1. The topological polar surface area (TPSA) is 70.7 Å². The van der Waals surface area contributed by atoms with Gasteiger partial charge in [-0.1, -0.05) is 30.3 Å². The van der Waals surface area contributed by atoms with E-state index < -0.39 is 0 Å². The van der Waals surface area contributed by atoms with Crippen molar-refractivity contribution in [3.8, 4) is 0 Å². The summed E-state index contributed by atoms with van der Waals surface area (Å²) in [6, 6.07) is 10.00. The smallest absolute Gasteiger partial charge is 0.290 e. The molecule has 5 heteroatoms. The molecule has 0 saturated heterocycles. The highest BCUT2D eigenvalue weighted by Gasteiger charge is 2.09. The first kappa shape index (κ1) is 11.3. The SMILES string of the molecule is Cc1nc(C(=O)NCCc2ccccc2)n[nH]1. The molecule has 0 bridgehead atoms. The summed E-state index contributed by atoms with van der Waals surface area (Å²) in [4.78, 5) is 15.5. The van der Waals surface area contributed by atoms with Crippen molar-refractivity contribution in [2.75, 3.05) is 6.54 Å². The highest BCUT2D eigenvalue weighted by atomic mass is 16.2. The molecule has 0 fully saturated rings. The number of aromatic nitrogens is 3. The molecule has 0 saturated carbocycles. The van der Waals surface area contributed by atoms with Gasteiger partial charge in [0, 0.05) is 6.54 Å². The molecule has 0 atom stereocenters. The first-order valence-corrected chi connectivity index (χ1v) is 5.47. The molecule has 5 nitrogen and oxygen atoms in total. The van der Waals surface area contributed by atoms with Crippen molar-refractivity contribution in [3.05, 3.63) is 47.5 Å². The molecular formula is C12H14N4O. The number of H-pyrrole nitrogens is 1. The molecule has 1 aromatic heterocycles. The van der Waals surface area contributed by atoms with Crippen LogP contribution in [-0.4, -0.2) is 27.6 Å². The quantitative estimate of drug-likeness (QED) is 0.825. The van der Waals surface area contributed by atoms with Gasteiger partial charge in [-0.2, -0.15) is 0 Å². The fourth-order valence-electron chi connectivity index (χ4n) is 1.49. The third-order valence-corrected chi connectivity index (χ3v) is 2.34. The van der Waals surface area contributed by atoms with Gasteiger partial charge < -0.3 is 5.32 Å². The zero-order valence-electron chi connectivity index (χ0n) is 9.60. The molecule has 0 spiro atoms. The van der Waals surface area contributed by atoms with Crippen LogP contribution in [0.3, 0.4) is 0 Å². The Labute approximate surface area is 99.3 Å². The Kier molecular flexibility index (Phi) is 3.49. The monoisotopic (exact) mass is 230 g/mol. The largest absolute Gasteiger partial charge is 0.349 e. The lowest BCUT2D eigenvalue weighted by molar-refractivity contribution is 0.0944. The van der Waals surface area contributed by atoms with E-state index in [4.69, 9.17) is 0 Å². The van der Waals surface area contributed by atoms with Crippen molar-refractivity contribution in [3.63, 3.8) is 0 Å². The summed E-state index contributed by atoms with van der Waals surface area (Å²) in [6.07, 6.45) is 0.802. The molecule has 0 radical (unpaired) electrons. The van der Waals surface area contributed by atoms with Gasteiger partial charge in [-0.05, 0) is 18.9 Å². The van der Waals surface area contributed by atoms with Gasteiger partial charge in [0.25, 0.3) is 5.91 Å². The second kappa shape index (κ2) is 5.25. The van der Waals surface area contributed by atoms with E-state index in [9.17, 15) is 4.79 Å². The van der Waals surface area contributed by atoms with Gasteiger partial charge in [0.15, 0.2) is 0 Å². The summed E-state index contributed by atoms with van der Waals surface area (Å²) in [5, 5.41) is 9.21. The lowest BCUT2D eigenvalue weighted by Gasteiger charge is -2.02. The number of nitrogens with zero attached hydrogens (tertiary/aromatic N) is 2. The Morgan fingerprint density at radius 1 is 1.35 bits per heavy atom. The van der Waals surface area contributed by atoms with E-state index in [1.54, 1.807) is 6.92 Å². The molecule has 0 aliphatic rings. The van der Waals surface area contributed by atoms with E-state index >= 15 is 0 Å². The number of aromatic amines is 1. The first-order chi connectivity index (χ1) is 8.25. The number of carbonyl (C=O) groups excluding carboxylic acids is 1. The van der Waals surface area contributed by atoms with Crippen molar-refractivity contribution in [2.24, 2.45) is 0 Å². The van der Waals surface area contributed by atoms with Crippen LogP contribution in [0.5, 0.6) is 0 Å². The van der Waals surface area contributed by atoms with E-state index in [0.29, 0.717) is 12.4 Å². The lowest BCUT2D eigenvalue weighted by Crippen LogP contribution is -2.26. The fraction of sp³-hybridized carbons (Fsp3) is 0.250. The Bertz CT molecular complexity index is 492. The number of rotatable bonds is 4. The van der Waals surface area contributed by atoms with Crippen LogP contribution in [0.4, 0.5) is 0 Å². The van der Waals surface area contributed by atoms with Crippen LogP contribution in [-0.2, 0) is 6.42 Å². The van der Waals surface area contributed by atoms with Gasteiger partial charge >= 0.3 is 0 Å². The van der Waals surface area contributed by atoms with Gasteiger partial charge in [-0.3, -0.25) is 9.89 Å². The molecule has 1 aromatic carbocycles. The van der Waals surface area contributed by atoms with Crippen LogP contribution in [0, 0.1) is 6.92 Å². The van der Waals surface area contributed by atoms with Crippen molar-refractivity contribution in [1.82, 2.24) is 20.5 Å². The molecule has 17 heavy (non-hydrogen) atoms. The van der Waals surface area contributed by atoms with Crippen LogP contribution in [0.2, 0.25) is 0 Å². The van der Waals surface area contributed by atoms with Gasteiger partial charge in [0.1, 0.15) is 5.82 Å². The van der Waals surface area contributed by atoms with Crippen LogP contribution < -0.4 is 5.32 Å². The highest BCUT2D eigenvalue weighted by Crippen LogP contribution is 1.98. The Balaban J connectivity index is 1.81. The summed E-state index contributed by atoms with van der Waals surface area (Å²) >= 11 is 0. The Morgan fingerprint density at radius 3 is 2.76 bits per heavy atom. The number of carbonyl (C=O) groups is 1. The molecule has 0 aliphatic heterocycles. The average molecular weight is 230 g/mol. The van der Waals surface area contributed by atoms with Crippen LogP contribution in [0.1, 0.15) is 22.0 Å². The second-order valence-corrected chi connectivity index (χ2v) is 3.74. The standard InChI is InChI=1S/C12H14N4O/c1-9-14-11(16-15-9)12(17)13-8-7-10-5-3-2-4-6-10/h2-6H,7-8H2,1H3,(H,13,17)(H,14,15,16). The van der Waals surface area contributed by atoms with Crippen LogP contribution in [0.25, 0.3) is 0 Å². The summed E-state index contributed by atoms with van der Waals surface area (Å²) in [5.41, 5.74) is 1.19. The van der Waals surface area contributed by atoms with E-state index in [1.165, 1.54) is 5.56 Å². The zero-order chi connectivity index (χ0) is 12.1. The van der Waals surface area contributed by atoms with E-state index in [1.807, 2.05) is 30.3 Å². The normalized spacial score (nSPS) is 10.2. The minimum atomic E-state index is -0.245. The molecular weight excluding hydrogens is 216 g/mol. The average Bonchev–Trinajstić information content (AvgIpc) is 2.77. The van der Waals surface area contributed by atoms with Gasteiger partial charge in [-0.15, -0.1) is 5.10 Å². The maximum atomic E-state index is 11.6. The van der Waals surface area contributed by atoms with E-state index in [0.717, 1.165) is 6.42 Å². The van der Waals surface area contributed by atoms with E-state index in [-0.39, 0.29) is 11.7 Å². The minimum Gasteiger partial charge on any atom is -0.349 e. The summed E-state index contributed by atoms with van der Waals surface area (Å²) < 4.78 is 0. The number of aryl methyl sites for hydroxylation is 1. The van der Waals surface area contributed by atoms with Crippen molar-refractivity contribution in [1.29, 1.82) is 0 Å². The van der Waals surface area contributed by atoms with Gasteiger partial charge in [0.05, 0.1) is 0 Å². The maximum absolute atomic E-state index is 11.6. The molecule has 1 amide bonds. The van der Waals surface area contributed by atoms with E-state index in [2.05, 4.69) is 20.5 Å². The molecule has 0 unspecified atom stereocenters. The van der Waals surface area contributed by atoms with Gasteiger partial charge in [-0.25, -0.2) is 4.98 Å². The molecule has 1 heterocycles. The lowest BCUT2D eigenvalue weighted by atomic mass is 10.1. The predicted octanol–water partition coefficient (Wildman–Crippen LogP) is 1.09. The minimum absolute atomic E-state index is 0.190. The molecule has 0 aliphatic carbocycles. The summed E-state index contributed by atoms with van der Waals surface area (Å²) in [7, 11) is 0. The number of hydrogen-bond acceptors (Lipinski definition) is 3. The number of amides is 1. The highest BCUT2D eigenvalue weighted by molar-refractivity contribution is 5.90. The zero-order valence-corrected chi connectivity index (χ0v) is 9.60. The number of hydrogen-bond donors (Lipinski definition) is 2. The van der Waals surface area contributed by atoms with Crippen LogP contribution >= 0.6 is 0 Å². The third-order valence-electron chi connectivity index (χ3n) is 2.34.